The number of thiophene rings is 1. The quantitative estimate of drug-likeness (QED) is 0.656. The van der Waals surface area contributed by atoms with Gasteiger partial charge in [-0.25, -0.2) is 0 Å². The largest absolute Gasteiger partial charge is 0.297 e. The molecule has 0 atom stereocenters. The molecule has 0 amide bonds. The molecule has 22 heavy (non-hydrogen) atoms. The van der Waals surface area contributed by atoms with Gasteiger partial charge in [-0.05, 0) is 54.4 Å². The van der Waals surface area contributed by atoms with Crippen molar-refractivity contribution < 1.29 is 12.6 Å². The molecule has 0 saturated carbocycles. The third-order valence-electron chi connectivity index (χ3n) is 3.44. The minimum Gasteiger partial charge on any atom is -0.267 e. The zero-order chi connectivity index (χ0) is 15.7. The summed E-state index contributed by atoms with van der Waals surface area (Å²) in [5.41, 5.74) is 2.57. The van der Waals surface area contributed by atoms with Gasteiger partial charge in [-0.15, -0.1) is 11.3 Å². The predicted octanol–water partition coefficient (Wildman–Crippen LogP) is 4.60. The number of hydrogen-bond acceptors (Lipinski definition) is 4. The number of benzene rings is 2. The molecule has 1 heterocycles. The molecular formula is C17H16O3S2. The summed E-state index contributed by atoms with van der Waals surface area (Å²) in [6, 6.07) is 13.3. The molecule has 114 valence electrons. The number of hydrogen-bond donors (Lipinski definition) is 0. The minimum absolute atomic E-state index is 0.124. The van der Waals surface area contributed by atoms with Gasteiger partial charge in [0.05, 0.1) is 6.61 Å². The summed E-state index contributed by atoms with van der Waals surface area (Å²) >= 11 is 1.67. The summed E-state index contributed by atoms with van der Waals surface area (Å²) in [5.74, 6) is 0. The van der Waals surface area contributed by atoms with Crippen LogP contribution in [0.4, 0.5) is 0 Å². The Labute approximate surface area is 134 Å². The first-order chi connectivity index (χ1) is 10.5. The molecule has 0 N–H and O–H groups in total. The van der Waals surface area contributed by atoms with Gasteiger partial charge in [-0.3, -0.25) is 4.18 Å². The van der Waals surface area contributed by atoms with Crippen LogP contribution in [0.1, 0.15) is 12.5 Å². The maximum Gasteiger partial charge on any atom is 0.297 e. The van der Waals surface area contributed by atoms with Crippen LogP contribution >= 0.6 is 11.3 Å². The molecule has 3 rings (SSSR count). The lowest BCUT2D eigenvalue weighted by Gasteiger charge is -2.11. The maximum absolute atomic E-state index is 12.3. The fourth-order valence-corrected chi connectivity index (χ4v) is 4.33. The van der Waals surface area contributed by atoms with Gasteiger partial charge in [0.15, 0.2) is 0 Å². The fraction of sp³-hybridized carbons (Fsp3) is 0.176. The summed E-state index contributed by atoms with van der Waals surface area (Å²) in [6.45, 7) is 3.74. The van der Waals surface area contributed by atoms with Crippen LogP contribution in [0.5, 0.6) is 0 Å². The molecule has 0 fully saturated rings. The Morgan fingerprint density at radius 2 is 1.91 bits per heavy atom. The number of fused-ring (bicyclic) bond motifs is 1. The van der Waals surface area contributed by atoms with Crippen molar-refractivity contribution in [2.24, 2.45) is 0 Å². The van der Waals surface area contributed by atoms with Crippen molar-refractivity contribution in [3.8, 4) is 11.1 Å². The van der Waals surface area contributed by atoms with Crippen LogP contribution in [0.3, 0.4) is 0 Å². The predicted molar refractivity (Wildman–Crippen MR) is 90.8 cm³/mol. The normalized spacial score (nSPS) is 11.9. The van der Waals surface area contributed by atoms with Gasteiger partial charge in [0, 0.05) is 10.3 Å². The van der Waals surface area contributed by atoms with Crippen molar-refractivity contribution in [1.29, 1.82) is 0 Å². The van der Waals surface area contributed by atoms with Crippen LogP contribution in [0.2, 0.25) is 0 Å². The van der Waals surface area contributed by atoms with Gasteiger partial charge in [-0.1, -0.05) is 23.8 Å². The smallest absolute Gasteiger partial charge is 0.267 e. The zero-order valence-corrected chi connectivity index (χ0v) is 14.0. The van der Waals surface area contributed by atoms with Gasteiger partial charge in [0.1, 0.15) is 4.90 Å². The molecule has 0 bridgehead atoms. The molecule has 0 aliphatic heterocycles. The Morgan fingerprint density at radius 3 is 2.68 bits per heavy atom. The number of aryl methyl sites for hydroxylation is 1. The second-order valence-corrected chi connectivity index (χ2v) is 7.56. The van der Waals surface area contributed by atoms with E-state index in [4.69, 9.17) is 4.18 Å². The molecule has 3 aromatic rings. The van der Waals surface area contributed by atoms with Crippen LogP contribution in [-0.4, -0.2) is 15.0 Å². The lowest BCUT2D eigenvalue weighted by atomic mass is 10.0. The van der Waals surface area contributed by atoms with Gasteiger partial charge in [0.2, 0.25) is 0 Å². The van der Waals surface area contributed by atoms with Crippen molar-refractivity contribution >= 4 is 31.5 Å². The first kappa shape index (κ1) is 15.2. The van der Waals surface area contributed by atoms with Crippen LogP contribution < -0.4 is 0 Å². The highest BCUT2D eigenvalue weighted by Crippen LogP contribution is 2.33. The monoisotopic (exact) mass is 332 g/mol. The second kappa shape index (κ2) is 5.83. The van der Waals surface area contributed by atoms with Gasteiger partial charge < -0.3 is 0 Å². The summed E-state index contributed by atoms with van der Waals surface area (Å²) in [4.78, 5) is 0.217. The van der Waals surface area contributed by atoms with Gasteiger partial charge >= 0.3 is 0 Å². The second-order valence-electron chi connectivity index (χ2n) is 5.03. The van der Waals surface area contributed by atoms with E-state index in [1.165, 1.54) is 4.70 Å². The highest BCUT2D eigenvalue weighted by Gasteiger charge is 2.20. The summed E-state index contributed by atoms with van der Waals surface area (Å²) in [5, 5.41) is 3.14. The van der Waals surface area contributed by atoms with E-state index < -0.39 is 10.1 Å². The van der Waals surface area contributed by atoms with Crippen molar-refractivity contribution in [2.75, 3.05) is 6.61 Å². The van der Waals surface area contributed by atoms with Crippen LogP contribution in [-0.2, 0) is 14.3 Å². The van der Waals surface area contributed by atoms with E-state index in [9.17, 15) is 8.42 Å². The zero-order valence-electron chi connectivity index (χ0n) is 12.4. The maximum atomic E-state index is 12.3. The molecule has 0 radical (unpaired) electrons. The minimum atomic E-state index is -3.74. The van der Waals surface area contributed by atoms with E-state index in [0.717, 1.165) is 16.5 Å². The SMILES string of the molecule is CCOS(=O)(=O)c1ccc(C)cc1-c1ccc2sccc2c1. The molecule has 5 heteroatoms. The van der Waals surface area contributed by atoms with Gasteiger partial charge in [0.25, 0.3) is 10.1 Å². The standard InChI is InChI=1S/C17H16O3S2/c1-3-20-22(18,19)17-7-4-12(2)10-15(17)13-5-6-16-14(11-13)8-9-21-16/h4-11H,3H2,1-2H3. The molecule has 0 unspecified atom stereocenters. The van der Waals surface area contributed by atoms with E-state index in [1.807, 2.05) is 42.6 Å². The highest BCUT2D eigenvalue weighted by molar-refractivity contribution is 7.87. The summed E-state index contributed by atoms with van der Waals surface area (Å²) in [7, 11) is -3.74. The molecule has 1 aromatic heterocycles. The Balaban J connectivity index is 2.22. The molecule has 2 aromatic carbocycles. The molecule has 0 aliphatic carbocycles. The van der Waals surface area contributed by atoms with E-state index in [2.05, 4.69) is 0 Å². The summed E-state index contributed by atoms with van der Waals surface area (Å²) in [6.07, 6.45) is 0. The van der Waals surface area contributed by atoms with E-state index in [1.54, 1.807) is 30.4 Å². The first-order valence-electron chi connectivity index (χ1n) is 6.99. The fourth-order valence-electron chi connectivity index (χ4n) is 2.44. The van der Waals surface area contributed by atoms with E-state index >= 15 is 0 Å². The topological polar surface area (TPSA) is 43.4 Å². The average Bonchev–Trinajstić information content (AvgIpc) is 2.94. The molecule has 0 saturated heterocycles. The van der Waals surface area contributed by atoms with Crippen molar-refractivity contribution in [1.82, 2.24) is 0 Å². The first-order valence-corrected chi connectivity index (χ1v) is 9.28. The van der Waals surface area contributed by atoms with Crippen molar-refractivity contribution in [3.05, 3.63) is 53.4 Å². The molecular weight excluding hydrogens is 316 g/mol. The molecule has 0 spiro atoms. The molecule has 3 nitrogen and oxygen atoms in total. The highest BCUT2D eigenvalue weighted by atomic mass is 32.2. The van der Waals surface area contributed by atoms with Gasteiger partial charge in [-0.2, -0.15) is 8.42 Å². The summed E-state index contributed by atoms with van der Waals surface area (Å²) < 4.78 is 30.8. The number of rotatable bonds is 4. The Morgan fingerprint density at radius 1 is 1.09 bits per heavy atom. The molecule has 0 aliphatic rings. The Hall–Kier alpha value is -1.69. The van der Waals surface area contributed by atoms with E-state index in [-0.39, 0.29) is 11.5 Å². The van der Waals surface area contributed by atoms with Crippen LogP contribution in [0.25, 0.3) is 21.2 Å². The van der Waals surface area contributed by atoms with Crippen LogP contribution in [0.15, 0.2) is 52.7 Å². The Kier molecular flexibility index (Phi) is 4.04. The lowest BCUT2D eigenvalue weighted by molar-refractivity contribution is 0.338. The van der Waals surface area contributed by atoms with E-state index in [0.29, 0.717) is 5.56 Å². The van der Waals surface area contributed by atoms with Crippen molar-refractivity contribution in [3.63, 3.8) is 0 Å². The van der Waals surface area contributed by atoms with Crippen LogP contribution in [0, 0.1) is 6.92 Å². The average molecular weight is 332 g/mol. The third kappa shape index (κ3) is 2.79. The Bertz CT molecular complexity index is 924. The van der Waals surface area contributed by atoms with Crippen molar-refractivity contribution in [2.45, 2.75) is 18.7 Å². The third-order valence-corrected chi connectivity index (χ3v) is 5.78. The lowest BCUT2D eigenvalue weighted by Crippen LogP contribution is -2.07.